The van der Waals surface area contributed by atoms with Gasteiger partial charge in [-0.3, -0.25) is 9.59 Å². The number of benzene rings is 1. The molecule has 0 atom stereocenters. The van der Waals surface area contributed by atoms with Gasteiger partial charge in [-0.15, -0.1) is 0 Å². The number of fused-ring (bicyclic) bond motifs is 1. The number of hydrogen-bond donors (Lipinski definition) is 1. The SMILES string of the molecule is COC(=O)c1cc(Cl)c2c(c1)NC(=O)C2=O. The Bertz CT molecular complexity index is 524. The van der Waals surface area contributed by atoms with E-state index in [-0.39, 0.29) is 21.8 Å². The fourth-order valence-corrected chi connectivity index (χ4v) is 1.77. The molecule has 5 nitrogen and oxygen atoms in total. The monoisotopic (exact) mass is 239 g/mol. The third-order valence-corrected chi connectivity index (χ3v) is 2.49. The van der Waals surface area contributed by atoms with Crippen LogP contribution in [0.15, 0.2) is 12.1 Å². The predicted molar refractivity (Wildman–Crippen MR) is 55.8 cm³/mol. The summed E-state index contributed by atoms with van der Waals surface area (Å²) in [5.41, 5.74) is 0.517. The lowest BCUT2D eigenvalue weighted by Crippen LogP contribution is -2.12. The van der Waals surface area contributed by atoms with Gasteiger partial charge in [-0.05, 0) is 12.1 Å². The summed E-state index contributed by atoms with van der Waals surface area (Å²) >= 11 is 5.82. The molecular weight excluding hydrogens is 234 g/mol. The van der Waals surface area contributed by atoms with E-state index in [1.807, 2.05) is 0 Å². The Kier molecular flexibility index (Phi) is 2.40. The summed E-state index contributed by atoms with van der Waals surface area (Å²) in [4.78, 5) is 33.7. The van der Waals surface area contributed by atoms with Crippen molar-refractivity contribution >= 4 is 34.9 Å². The number of methoxy groups -OCH3 is 1. The first-order valence-electron chi connectivity index (χ1n) is 4.32. The summed E-state index contributed by atoms with van der Waals surface area (Å²) in [6.07, 6.45) is 0. The van der Waals surface area contributed by atoms with Crippen molar-refractivity contribution in [1.82, 2.24) is 0 Å². The molecule has 1 aromatic carbocycles. The van der Waals surface area contributed by atoms with E-state index in [4.69, 9.17) is 11.6 Å². The minimum atomic E-state index is -0.751. The number of hydrogen-bond acceptors (Lipinski definition) is 4. The molecule has 1 heterocycles. The van der Waals surface area contributed by atoms with Gasteiger partial charge in [-0.2, -0.15) is 0 Å². The second-order valence-corrected chi connectivity index (χ2v) is 3.56. The van der Waals surface area contributed by atoms with Crippen molar-refractivity contribution in [2.75, 3.05) is 12.4 Å². The number of nitrogens with one attached hydrogen (secondary N) is 1. The Morgan fingerprint density at radius 3 is 2.69 bits per heavy atom. The quantitative estimate of drug-likeness (QED) is 0.592. The van der Waals surface area contributed by atoms with E-state index in [1.54, 1.807) is 0 Å². The van der Waals surface area contributed by atoms with E-state index in [2.05, 4.69) is 10.1 Å². The molecule has 0 saturated heterocycles. The van der Waals surface area contributed by atoms with Gasteiger partial charge in [-0.1, -0.05) is 11.6 Å². The topological polar surface area (TPSA) is 72.5 Å². The maximum Gasteiger partial charge on any atom is 0.337 e. The number of amides is 1. The van der Waals surface area contributed by atoms with Gasteiger partial charge < -0.3 is 10.1 Å². The molecule has 0 radical (unpaired) electrons. The standard InChI is InChI=1S/C10H6ClNO4/c1-16-10(15)4-2-5(11)7-6(3-4)12-9(14)8(7)13/h2-3H,1H3,(H,12,13,14). The van der Waals surface area contributed by atoms with Crippen molar-refractivity contribution in [2.24, 2.45) is 0 Å². The summed E-state index contributed by atoms with van der Waals surface area (Å²) in [6.45, 7) is 0. The van der Waals surface area contributed by atoms with Crippen molar-refractivity contribution in [3.63, 3.8) is 0 Å². The fraction of sp³-hybridized carbons (Fsp3) is 0.100. The molecule has 0 saturated carbocycles. The minimum absolute atomic E-state index is 0.0567. The van der Waals surface area contributed by atoms with Crippen LogP contribution in [0.5, 0.6) is 0 Å². The first kappa shape index (κ1) is 10.6. The van der Waals surface area contributed by atoms with Crippen LogP contribution in [-0.4, -0.2) is 24.8 Å². The highest BCUT2D eigenvalue weighted by Crippen LogP contribution is 2.31. The van der Waals surface area contributed by atoms with Crippen LogP contribution < -0.4 is 5.32 Å². The van der Waals surface area contributed by atoms with Crippen molar-refractivity contribution in [2.45, 2.75) is 0 Å². The number of anilines is 1. The highest BCUT2D eigenvalue weighted by Gasteiger charge is 2.31. The number of esters is 1. The van der Waals surface area contributed by atoms with Gasteiger partial charge in [0.15, 0.2) is 0 Å². The maximum absolute atomic E-state index is 11.4. The van der Waals surface area contributed by atoms with E-state index >= 15 is 0 Å². The number of rotatable bonds is 1. The van der Waals surface area contributed by atoms with E-state index in [9.17, 15) is 14.4 Å². The molecule has 2 rings (SSSR count). The molecule has 0 unspecified atom stereocenters. The van der Waals surface area contributed by atoms with Crippen LogP contribution in [0, 0.1) is 0 Å². The van der Waals surface area contributed by atoms with Gasteiger partial charge in [0.1, 0.15) is 0 Å². The smallest absolute Gasteiger partial charge is 0.337 e. The Labute approximate surface area is 95.3 Å². The van der Waals surface area contributed by atoms with Crippen molar-refractivity contribution in [3.05, 3.63) is 28.3 Å². The number of carbonyl (C=O) groups is 3. The molecule has 1 aliphatic rings. The second-order valence-electron chi connectivity index (χ2n) is 3.16. The molecule has 0 aliphatic carbocycles. The zero-order valence-electron chi connectivity index (χ0n) is 8.17. The number of ether oxygens (including phenoxy) is 1. The van der Waals surface area contributed by atoms with Crippen molar-refractivity contribution < 1.29 is 19.1 Å². The number of carbonyl (C=O) groups excluding carboxylic acids is 3. The van der Waals surface area contributed by atoms with Crippen LogP contribution in [-0.2, 0) is 9.53 Å². The Morgan fingerprint density at radius 1 is 1.38 bits per heavy atom. The molecule has 1 aromatic rings. The number of ketones is 1. The minimum Gasteiger partial charge on any atom is -0.465 e. The highest BCUT2D eigenvalue weighted by atomic mass is 35.5. The van der Waals surface area contributed by atoms with E-state index in [1.165, 1.54) is 19.2 Å². The maximum atomic E-state index is 11.4. The van der Waals surface area contributed by atoms with Gasteiger partial charge in [0.25, 0.3) is 11.7 Å². The lowest BCUT2D eigenvalue weighted by Gasteiger charge is -2.03. The van der Waals surface area contributed by atoms with Gasteiger partial charge >= 0.3 is 5.97 Å². The molecule has 1 amide bonds. The molecule has 16 heavy (non-hydrogen) atoms. The molecule has 1 N–H and O–H groups in total. The van der Waals surface area contributed by atoms with Crippen LogP contribution in [0.1, 0.15) is 20.7 Å². The summed E-state index contributed by atoms with van der Waals surface area (Å²) in [5.74, 6) is -2.03. The van der Waals surface area contributed by atoms with Crippen LogP contribution in [0.2, 0.25) is 5.02 Å². The molecule has 6 heteroatoms. The molecule has 82 valence electrons. The zero-order chi connectivity index (χ0) is 11.9. The summed E-state index contributed by atoms with van der Waals surface area (Å²) in [7, 11) is 1.23. The van der Waals surface area contributed by atoms with Crippen LogP contribution in [0.25, 0.3) is 0 Å². The molecule has 0 spiro atoms. The third kappa shape index (κ3) is 1.45. The van der Waals surface area contributed by atoms with Crippen LogP contribution >= 0.6 is 11.6 Å². The van der Waals surface area contributed by atoms with Gasteiger partial charge in [0.2, 0.25) is 0 Å². The normalized spacial score (nSPS) is 13.4. The lowest BCUT2D eigenvalue weighted by molar-refractivity contribution is -0.112. The Hall–Kier alpha value is -1.88. The fourth-order valence-electron chi connectivity index (χ4n) is 1.46. The lowest BCUT2D eigenvalue weighted by atomic mass is 10.1. The average molecular weight is 240 g/mol. The van der Waals surface area contributed by atoms with Crippen molar-refractivity contribution in [3.8, 4) is 0 Å². The van der Waals surface area contributed by atoms with Gasteiger partial charge in [0, 0.05) is 0 Å². The first-order valence-corrected chi connectivity index (χ1v) is 4.70. The summed E-state index contributed by atoms with van der Waals surface area (Å²) < 4.78 is 4.51. The highest BCUT2D eigenvalue weighted by molar-refractivity contribution is 6.54. The van der Waals surface area contributed by atoms with E-state index in [0.717, 1.165) is 0 Å². The third-order valence-electron chi connectivity index (χ3n) is 2.19. The molecular formula is C10H6ClNO4. The first-order chi connectivity index (χ1) is 7.54. The van der Waals surface area contributed by atoms with E-state index < -0.39 is 17.7 Å². The Balaban J connectivity index is 2.58. The van der Waals surface area contributed by atoms with Crippen LogP contribution in [0.4, 0.5) is 5.69 Å². The number of halogens is 1. The summed E-state index contributed by atoms with van der Waals surface area (Å²) in [6, 6.07) is 2.65. The second kappa shape index (κ2) is 3.61. The molecule has 0 bridgehead atoms. The van der Waals surface area contributed by atoms with Gasteiger partial charge in [-0.25, -0.2) is 4.79 Å². The van der Waals surface area contributed by atoms with E-state index in [0.29, 0.717) is 0 Å². The zero-order valence-corrected chi connectivity index (χ0v) is 8.92. The van der Waals surface area contributed by atoms with Crippen LogP contribution in [0.3, 0.4) is 0 Å². The van der Waals surface area contributed by atoms with Gasteiger partial charge in [0.05, 0.1) is 28.9 Å². The summed E-state index contributed by atoms with van der Waals surface area (Å²) in [5, 5.41) is 2.38. The predicted octanol–water partition coefficient (Wildman–Crippen LogP) is 1.26. The molecule has 1 aliphatic heterocycles. The average Bonchev–Trinajstić information content (AvgIpc) is 2.54. The molecule has 0 aromatic heterocycles. The largest absolute Gasteiger partial charge is 0.465 e. The Morgan fingerprint density at radius 2 is 2.06 bits per heavy atom. The van der Waals surface area contributed by atoms with Crippen molar-refractivity contribution in [1.29, 1.82) is 0 Å². The molecule has 0 fully saturated rings. The number of Topliss-reactive ketones (excluding diaryl/α,β-unsaturated/α-hetero) is 1.